The summed E-state index contributed by atoms with van der Waals surface area (Å²) in [5, 5.41) is 3.43. The van der Waals surface area contributed by atoms with E-state index in [2.05, 4.69) is 15.2 Å². The van der Waals surface area contributed by atoms with E-state index in [0.717, 1.165) is 11.4 Å². The van der Waals surface area contributed by atoms with Crippen molar-refractivity contribution in [2.45, 2.75) is 13.1 Å². The molecule has 1 aliphatic heterocycles. The summed E-state index contributed by atoms with van der Waals surface area (Å²) >= 11 is 1.42. The van der Waals surface area contributed by atoms with Crippen LogP contribution in [0.2, 0.25) is 0 Å². The summed E-state index contributed by atoms with van der Waals surface area (Å²) in [5.41, 5.74) is 5.54. The lowest BCUT2D eigenvalue weighted by atomic mass is 10.4. The van der Waals surface area contributed by atoms with Crippen LogP contribution in [0.25, 0.3) is 0 Å². The van der Waals surface area contributed by atoms with Gasteiger partial charge in [-0.05, 0) is 6.54 Å². The van der Waals surface area contributed by atoms with Crippen LogP contribution >= 0.6 is 11.3 Å². The fourth-order valence-corrected chi connectivity index (χ4v) is 2.31. The van der Waals surface area contributed by atoms with Gasteiger partial charge in [0.2, 0.25) is 5.91 Å². The number of hydrogen-bond donors (Lipinski definition) is 2. The molecule has 76 valence electrons. The number of nitrogens with two attached hydrogens (primary N) is 1. The number of nitrogen functional groups attached to an aromatic ring is 1. The summed E-state index contributed by atoms with van der Waals surface area (Å²) in [5.74, 6) is 0.0591. The molecule has 2 rings (SSSR count). The van der Waals surface area contributed by atoms with Gasteiger partial charge in [-0.1, -0.05) is 18.3 Å². The fraction of sp³-hybridized carbons (Fsp3) is 0.500. The van der Waals surface area contributed by atoms with Gasteiger partial charge in [0.15, 0.2) is 5.13 Å². The van der Waals surface area contributed by atoms with E-state index in [1.807, 2.05) is 6.92 Å². The van der Waals surface area contributed by atoms with Gasteiger partial charge in [-0.25, -0.2) is 4.98 Å². The third-order valence-electron chi connectivity index (χ3n) is 2.23. The number of likely N-dealkylation sites (N-methyl/N-ethyl adjacent to an activating group) is 1. The lowest BCUT2D eigenvalue weighted by Crippen LogP contribution is -2.26. The van der Waals surface area contributed by atoms with E-state index >= 15 is 0 Å². The number of anilines is 1. The zero-order valence-electron chi connectivity index (χ0n) is 7.86. The zero-order chi connectivity index (χ0) is 10.1. The first-order valence-electron chi connectivity index (χ1n) is 4.45. The first-order chi connectivity index (χ1) is 6.70. The summed E-state index contributed by atoms with van der Waals surface area (Å²) in [7, 11) is 0. The van der Waals surface area contributed by atoms with Crippen LogP contribution in [-0.4, -0.2) is 28.9 Å². The van der Waals surface area contributed by atoms with Crippen molar-refractivity contribution in [3.63, 3.8) is 0 Å². The van der Waals surface area contributed by atoms with Gasteiger partial charge in [-0.15, -0.1) is 0 Å². The van der Waals surface area contributed by atoms with E-state index in [1.54, 1.807) is 6.20 Å². The van der Waals surface area contributed by atoms with Crippen LogP contribution in [0.4, 0.5) is 5.13 Å². The third-order valence-corrected chi connectivity index (χ3v) is 3.11. The topological polar surface area (TPSA) is 71.2 Å². The minimum Gasteiger partial charge on any atom is -0.375 e. The van der Waals surface area contributed by atoms with Gasteiger partial charge in [-0.3, -0.25) is 9.69 Å². The van der Waals surface area contributed by atoms with Gasteiger partial charge in [-0.2, -0.15) is 0 Å². The number of carbonyl (C=O) groups is 1. The van der Waals surface area contributed by atoms with Crippen LogP contribution in [0.5, 0.6) is 0 Å². The first-order valence-corrected chi connectivity index (χ1v) is 5.27. The Bertz CT molecular complexity index is 351. The van der Waals surface area contributed by atoms with Crippen molar-refractivity contribution in [3.8, 4) is 0 Å². The van der Waals surface area contributed by atoms with Crippen molar-refractivity contribution in [3.05, 3.63) is 11.1 Å². The van der Waals surface area contributed by atoms with Crippen molar-refractivity contribution in [2.75, 3.05) is 18.8 Å². The molecule has 0 aromatic carbocycles. The normalized spacial score (nSPS) is 22.6. The molecule has 1 unspecified atom stereocenters. The monoisotopic (exact) mass is 212 g/mol. The number of nitrogens with one attached hydrogen (secondary N) is 1. The number of aromatic nitrogens is 1. The van der Waals surface area contributed by atoms with Gasteiger partial charge in [0.25, 0.3) is 0 Å². The predicted octanol–water partition coefficient (Wildman–Crippen LogP) is 0.176. The average Bonchev–Trinajstić information content (AvgIpc) is 2.71. The number of rotatable bonds is 2. The fourth-order valence-electron chi connectivity index (χ4n) is 1.54. The lowest BCUT2D eigenvalue weighted by molar-refractivity contribution is -0.118. The number of hydrogen-bond acceptors (Lipinski definition) is 5. The van der Waals surface area contributed by atoms with Crippen LogP contribution in [0.3, 0.4) is 0 Å². The SMILES string of the molecule is CCN1CC(=O)NC1c1cnc(N)s1. The van der Waals surface area contributed by atoms with Crippen LogP contribution in [0, 0.1) is 0 Å². The van der Waals surface area contributed by atoms with Gasteiger partial charge in [0.05, 0.1) is 11.4 Å². The molecule has 1 amide bonds. The Balaban J connectivity index is 2.21. The molecule has 0 aliphatic carbocycles. The predicted molar refractivity (Wildman–Crippen MR) is 54.7 cm³/mol. The van der Waals surface area contributed by atoms with Crippen molar-refractivity contribution in [2.24, 2.45) is 0 Å². The molecule has 1 aromatic rings. The molecule has 1 saturated heterocycles. The standard InChI is InChI=1S/C8H12N4OS/c1-2-12-4-6(13)11-7(12)5-3-10-8(9)14-5/h3,7H,2,4H2,1H3,(H2,9,10)(H,11,13). The van der Waals surface area contributed by atoms with E-state index < -0.39 is 0 Å². The molecule has 1 aromatic heterocycles. The summed E-state index contributed by atoms with van der Waals surface area (Å²) in [6.45, 7) is 3.32. The van der Waals surface area contributed by atoms with Gasteiger partial charge >= 0.3 is 0 Å². The van der Waals surface area contributed by atoms with Gasteiger partial charge in [0.1, 0.15) is 6.17 Å². The van der Waals surface area contributed by atoms with Crippen LogP contribution in [-0.2, 0) is 4.79 Å². The summed E-state index contributed by atoms with van der Waals surface area (Å²) in [6, 6.07) is 0. The maximum atomic E-state index is 11.2. The second-order valence-corrected chi connectivity index (χ2v) is 4.23. The van der Waals surface area contributed by atoms with Gasteiger partial charge in [0, 0.05) is 6.20 Å². The molecule has 3 N–H and O–H groups in total. The summed E-state index contributed by atoms with van der Waals surface area (Å²) in [4.78, 5) is 18.2. The van der Waals surface area contributed by atoms with Crippen LogP contribution in [0.1, 0.15) is 18.0 Å². The molecule has 0 bridgehead atoms. The van der Waals surface area contributed by atoms with Crippen LogP contribution in [0.15, 0.2) is 6.20 Å². The van der Waals surface area contributed by atoms with E-state index in [9.17, 15) is 4.79 Å². The highest BCUT2D eigenvalue weighted by Crippen LogP contribution is 2.27. The Morgan fingerprint density at radius 2 is 2.64 bits per heavy atom. The molecule has 5 nitrogen and oxygen atoms in total. The van der Waals surface area contributed by atoms with Gasteiger partial charge < -0.3 is 11.1 Å². The molecular weight excluding hydrogens is 200 g/mol. The second-order valence-electron chi connectivity index (χ2n) is 3.13. The lowest BCUT2D eigenvalue weighted by Gasteiger charge is -2.19. The minimum atomic E-state index is -0.0395. The molecule has 0 radical (unpaired) electrons. The minimum absolute atomic E-state index is 0.0395. The molecule has 1 fully saturated rings. The quantitative estimate of drug-likeness (QED) is 0.733. The zero-order valence-corrected chi connectivity index (χ0v) is 8.67. The Labute approximate surface area is 85.9 Å². The highest BCUT2D eigenvalue weighted by Gasteiger charge is 2.30. The molecule has 1 atom stereocenters. The van der Waals surface area contributed by atoms with Crippen molar-refractivity contribution < 1.29 is 4.79 Å². The Kier molecular flexibility index (Phi) is 2.39. The number of carbonyl (C=O) groups excluding carboxylic acids is 1. The molecule has 1 aliphatic rings. The number of thiazole rings is 1. The molecule has 14 heavy (non-hydrogen) atoms. The Morgan fingerprint density at radius 3 is 3.21 bits per heavy atom. The van der Waals surface area contributed by atoms with Crippen molar-refractivity contribution in [1.29, 1.82) is 0 Å². The Hall–Kier alpha value is -1.14. The Morgan fingerprint density at radius 1 is 1.86 bits per heavy atom. The molecular formula is C8H12N4OS. The van der Waals surface area contributed by atoms with Crippen LogP contribution < -0.4 is 11.1 Å². The van der Waals surface area contributed by atoms with Crippen molar-refractivity contribution >= 4 is 22.4 Å². The van der Waals surface area contributed by atoms with E-state index in [-0.39, 0.29) is 12.1 Å². The number of amides is 1. The summed E-state index contributed by atoms with van der Waals surface area (Å²) < 4.78 is 0. The first kappa shape index (κ1) is 9.42. The van der Waals surface area contributed by atoms with Crippen molar-refractivity contribution in [1.82, 2.24) is 15.2 Å². The molecule has 6 heteroatoms. The maximum Gasteiger partial charge on any atom is 0.235 e. The second kappa shape index (κ2) is 3.55. The van der Waals surface area contributed by atoms with E-state index in [1.165, 1.54) is 11.3 Å². The van der Waals surface area contributed by atoms with E-state index in [0.29, 0.717) is 11.7 Å². The maximum absolute atomic E-state index is 11.2. The molecule has 2 heterocycles. The third kappa shape index (κ3) is 1.58. The summed E-state index contributed by atoms with van der Waals surface area (Å²) in [6.07, 6.45) is 1.68. The molecule has 0 saturated carbocycles. The highest BCUT2D eigenvalue weighted by molar-refractivity contribution is 7.15. The van der Waals surface area contributed by atoms with E-state index in [4.69, 9.17) is 5.73 Å². The largest absolute Gasteiger partial charge is 0.375 e. The number of nitrogens with zero attached hydrogens (tertiary/aromatic N) is 2. The molecule has 0 spiro atoms. The average molecular weight is 212 g/mol. The highest BCUT2D eigenvalue weighted by atomic mass is 32.1. The smallest absolute Gasteiger partial charge is 0.235 e.